The van der Waals surface area contributed by atoms with Gasteiger partial charge in [0.2, 0.25) is 5.91 Å². The van der Waals surface area contributed by atoms with E-state index in [1.165, 1.54) is 7.11 Å². The Labute approximate surface area is 152 Å². The van der Waals surface area contributed by atoms with E-state index in [4.69, 9.17) is 11.2 Å². The van der Waals surface area contributed by atoms with Crippen LogP contribution in [-0.2, 0) is 19.1 Å². The van der Waals surface area contributed by atoms with Gasteiger partial charge >= 0.3 is 11.9 Å². The summed E-state index contributed by atoms with van der Waals surface area (Å²) in [6, 6.07) is 0. The monoisotopic (exact) mass is 361 g/mol. The van der Waals surface area contributed by atoms with Gasteiger partial charge in [-0.05, 0) is 12.8 Å². The third kappa shape index (κ3) is 3.30. The van der Waals surface area contributed by atoms with Gasteiger partial charge in [0.1, 0.15) is 0 Å². The van der Waals surface area contributed by atoms with E-state index in [2.05, 4.69) is 16.1 Å². The molecule has 1 N–H and O–H groups in total. The van der Waals surface area contributed by atoms with Crippen LogP contribution in [0, 0.1) is 29.6 Å². The minimum atomic E-state index is -0.915. The molecule has 3 aliphatic rings. The summed E-state index contributed by atoms with van der Waals surface area (Å²) in [5, 5.41) is 17.6. The van der Waals surface area contributed by atoms with E-state index in [0.717, 1.165) is 0 Å². The lowest BCUT2D eigenvalue weighted by Gasteiger charge is -2.45. The fourth-order valence-corrected chi connectivity index (χ4v) is 4.30. The number of amides is 1. The van der Waals surface area contributed by atoms with Gasteiger partial charge in [-0.15, -0.1) is 12.3 Å². The molecule has 1 saturated carbocycles. The van der Waals surface area contributed by atoms with E-state index in [9.17, 15) is 19.5 Å². The summed E-state index contributed by atoms with van der Waals surface area (Å²) < 4.78 is 4.74. The Morgan fingerprint density at radius 1 is 1.31 bits per heavy atom. The van der Waals surface area contributed by atoms with E-state index >= 15 is 0 Å². The number of hydrogen-bond acceptors (Lipinski definition) is 6. The number of aliphatic carboxylic acids is 1. The number of likely N-dealkylation sites (tertiary alicyclic amines) is 1. The van der Waals surface area contributed by atoms with Crippen LogP contribution in [0.25, 0.3) is 0 Å². The molecule has 2 heterocycles. The van der Waals surface area contributed by atoms with Crippen LogP contribution in [0.3, 0.4) is 0 Å². The Kier molecular flexibility index (Phi) is 4.74. The summed E-state index contributed by atoms with van der Waals surface area (Å²) in [5.41, 5.74) is -1.03. The van der Waals surface area contributed by atoms with Crippen molar-refractivity contribution in [3.8, 4) is 12.3 Å². The Morgan fingerprint density at radius 3 is 2.54 bits per heavy atom. The van der Waals surface area contributed by atoms with Crippen molar-refractivity contribution in [2.24, 2.45) is 27.5 Å². The summed E-state index contributed by atoms with van der Waals surface area (Å²) in [6.07, 6.45) is 8.13. The summed E-state index contributed by atoms with van der Waals surface area (Å²) in [6.45, 7) is 0.565. The highest BCUT2D eigenvalue weighted by Crippen LogP contribution is 2.55. The largest absolute Gasteiger partial charge is 0.481 e. The number of carboxylic acid groups (broad SMARTS) is 1. The standard InChI is InChI=1S/C18H23N3O5/c1-3-4-6-18(19-20-18)7-5-14(22)21-10-13(15(23)24)17(11-21)8-12(9-17)16(25)26-2/h1,12-13H,4-11H2,2H3,(H,23,24). The number of ether oxygens (including phenoxy) is 1. The molecule has 0 aromatic carbocycles. The average Bonchev–Trinajstić information content (AvgIpc) is 3.24. The van der Waals surface area contributed by atoms with E-state index < -0.39 is 23.0 Å². The van der Waals surface area contributed by atoms with Crippen molar-refractivity contribution in [3.05, 3.63) is 0 Å². The highest BCUT2D eigenvalue weighted by atomic mass is 16.5. The van der Waals surface area contributed by atoms with Crippen LogP contribution in [0.1, 0.15) is 38.5 Å². The number of methoxy groups -OCH3 is 1. The number of carboxylic acids is 1. The van der Waals surface area contributed by atoms with Crippen molar-refractivity contribution in [2.75, 3.05) is 20.2 Å². The Hall–Kier alpha value is -2.43. The molecule has 8 nitrogen and oxygen atoms in total. The van der Waals surface area contributed by atoms with E-state index in [1.54, 1.807) is 4.90 Å². The molecule has 1 atom stereocenters. The zero-order chi connectivity index (χ0) is 18.9. The van der Waals surface area contributed by atoms with Gasteiger partial charge in [0.05, 0.1) is 18.9 Å². The number of hydrogen-bond donors (Lipinski definition) is 1. The maximum atomic E-state index is 12.6. The van der Waals surface area contributed by atoms with Crippen molar-refractivity contribution in [1.29, 1.82) is 0 Å². The molecular weight excluding hydrogens is 338 g/mol. The van der Waals surface area contributed by atoms with E-state index in [0.29, 0.717) is 38.6 Å². The minimum Gasteiger partial charge on any atom is -0.481 e. The van der Waals surface area contributed by atoms with Crippen molar-refractivity contribution in [1.82, 2.24) is 4.90 Å². The first-order valence-electron chi connectivity index (χ1n) is 8.81. The first kappa shape index (κ1) is 18.4. The van der Waals surface area contributed by atoms with Crippen LogP contribution < -0.4 is 0 Å². The summed E-state index contributed by atoms with van der Waals surface area (Å²) in [4.78, 5) is 37.5. The summed E-state index contributed by atoms with van der Waals surface area (Å²) in [7, 11) is 1.33. The Bertz CT molecular complexity index is 683. The third-order valence-corrected chi connectivity index (χ3v) is 5.93. The van der Waals surface area contributed by atoms with Crippen molar-refractivity contribution in [2.45, 2.75) is 44.2 Å². The highest BCUT2D eigenvalue weighted by Gasteiger charge is 2.60. The summed E-state index contributed by atoms with van der Waals surface area (Å²) >= 11 is 0. The van der Waals surface area contributed by atoms with Crippen LogP contribution >= 0.6 is 0 Å². The van der Waals surface area contributed by atoms with Gasteiger partial charge in [0.25, 0.3) is 0 Å². The molecular formula is C18H23N3O5. The molecule has 2 fully saturated rings. The molecule has 140 valence electrons. The number of esters is 1. The molecule has 8 heteroatoms. The smallest absolute Gasteiger partial charge is 0.308 e. The SMILES string of the molecule is C#CCCC1(CCC(=O)N2CC(C(=O)O)C3(CC(C(=O)OC)C3)C2)N=N1. The first-order chi connectivity index (χ1) is 12.3. The molecule has 1 amide bonds. The molecule has 26 heavy (non-hydrogen) atoms. The molecule has 3 rings (SSSR count). The van der Waals surface area contributed by atoms with Gasteiger partial charge in [0.15, 0.2) is 5.66 Å². The maximum absolute atomic E-state index is 12.6. The van der Waals surface area contributed by atoms with Crippen LogP contribution in [0.4, 0.5) is 0 Å². The molecule has 1 aliphatic carbocycles. The van der Waals surface area contributed by atoms with Crippen LogP contribution in [-0.4, -0.2) is 53.7 Å². The highest BCUT2D eigenvalue weighted by molar-refractivity contribution is 5.81. The van der Waals surface area contributed by atoms with E-state index in [-0.39, 0.29) is 30.8 Å². The second-order valence-corrected chi connectivity index (χ2v) is 7.54. The van der Waals surface area contributed by atoms with Gasteiger partial charge in [-0.1, -0.05) is 0 Å². The summed E-state index contributed by atoms with van der Waals surface area (Å²) in [5.74, 6) is 0.325. The zero-order valence-electron chi connectivity index (χ0n) is 14.8. The maximum Gasteiger partial charge on any atom is 0.308 e. The molecule has 1 unspecified atom stereocenters. The number of rotatable bonds is 7. The molecule has 0 aromatic rings. The second kappa shape index (κ2) is 6.71. The van der Waals surface area contributed by atoms with Gasteiger partial charge in [0, 0.05) is 44.2 Å². The molecule has 0 aromatic heterocycles. The van der Waals surface area contributed by atoms with Crippen LogP contribution in [0.5, 0.6) is 0 Å². The lowest BCUT2D eigenvalue weighted by molar-refractivity contribution is -0.161. The molecule has 2 aliphatic heterocycles. The lowest BCUT2D eigenvalue weighted by atomic mass is 9.57. The van der Waals surface area contributed by atoms with Crippen LogP contribution in [0.2, 0.25) is 0 Å². The van der Waals surface area contributed by atoms with Crippen molar-refractivity contribution in [3.63, 3.8) is 0 Å². The fourth-order valence-electron chi connectivity index (χ4n) is 4.30. The van der Waals surface area contributed by atoms with Gasteiger partial charge in [-0.25, -0.2) is 0 Å². The van der Waals surface area contributed by atoms with Crippen molar-refractivity contribution >= 4 is 17.8 Å². The predicted octanol–water partition coefficient (Wildman–Crippen LogP) is 1.45. The molecule has 1 spiro atoms. The van der Waals surface area contributed by atoms with Gasteiger partial charge in [-0.3, -0.25) is 14.4 Å². The molecule has 0 bridgehead atoms. The normalized spacial score (nSPS) is 30.5. The average molecular weight is 361 g/mol. The van der Waals surface area contributed by atoms with Gasteiger partial charge in [-0.2, -0.15) is 10.2 Å². The number of carbonyl (C=O) groups excluding carboxylic acids is 2. The van der Waals surface area contributed by atoms with Crippen molar-refractivity contribution < 1.29 is 24.2 Å². The molecule has 0 radical (unpaired) electrons. The Morgan fingerprint density at radius 2 is 2.00 bits per heavy atom. The Balaban J connectivity index is 1.56. The predicted molar refractivity (Wildman–Crippen MR) is 89.8 cm³/mol. The number of nitrogens with zero attached hydrogens (tertiary/aromatic N) is 3. The zero-order valence-corrected chi connectivity index (χ0v) is 14.8. The number of terminal acetylenes is 1. The van der Waals surface area contributed by atoms with Gasteiger partial charge < -0.3 is 14.7 Å². The fraction of sp³-hybridized carbons (Fsp3) is 0.722. The third-order valence-electron chi connectivity index (χ3n) is 5.93. The second-order valence-electron chi connectivity index (χ2n) is 7.54. The number of carbonyl (C=O) groups is 3. The minimum absolute atomic E-state index is 0.0907. The lowest BCUT2D eigenvalue weighted by Crippen LogP contribution is -2.49. The molecule has 1 saturated heterocycles. The van der Waals surface area contributed by atoms with E-state index in [1.807, 2.05) is 0 Å². The van der Waals surface area contributed by atoms with Crippen LogP contribution in [0.15, 0.2) is 10.2 Å². The quantitative estimate of drug-likeness (QED) is 0.545. The first-order valence-corrected chi connectivity index (χ1v) is 8.81. The topological polar surface area (TPSA) is 109 Å².